The second kappa shape index (κ2) is 3.85. The van der Waals surface area contributed by atoms with Crippen molar-refractivity contribution in [3.8, 4) is 0 Å². The van der Waals surface area contributed by atoms with E-state index in [0.29, 0.717) is 0 Å². The highest BCUT2D eigenvalue weighted by atomic mass is 14.2. The number of hydrogen-bond acceptors (Lipinski definition) is 0. The topological polar surface area (TPSA) is 0 Å². The number of benzene rings is 4. The monoisotopic (exact) mass is 268 g/mol. The number of rotatable bonds is 0. The Balaban J connectivity index is 2.06. The zero-order valence-electron chi connectivity index (χ0n) is 12.1. The first-order valence-corrected chi connectivity index (χ1v) is 7.68. The predicted molar refractivity (Wildman–Crippen MR) is 91.1 cm³/mol. The Kier molecular flexibility index (Phi) is 2.08. The Bertz CT molecular complexity index is 1040. The van der Waals surface area contributed by atoms with Crippen LogP contribution in [0.2, 0.25) is 0 Å². The van der Waals surface area contributed by atoms with Crippen molar-refractivity contribution in [1.29, 1.82) is 0 Å². The van der Waals surface area contributed by atoms with Crippen molar-refractivity contribution in [1.82, 2.24) is 0 Å². The quantitative estimate of drug-likeness (QED) is 0.289. The van der Waals surface area contributed by atoms with Crippen molar-refractivity contribution in [2.45, 2.75) is 19.8 Å². The van der Waals surface area contributed by atoms with Gasteiger partial charge < -0.3 is 0 Å². The molecule has 0 radical (unpaired) electrons. The molecular formula is C21H16. The summed E-state index contributed by atoms with van der Waals surface area (Å²) in [5.74, 6) is 0. The van der Waals surface area contributed by atoms with E-state index >= 15 is 0 Å². The van der Waals surface area contributed by atoms with Crippen LogP contribution in [0.3, 0.4) is 0 Å². The van der Waals surface area contributed by atoms with Crippen LogP contribution in [-0.4, -0.2) is 0 Å². The smallest absolute Gasteiger partial charge is 0.00962 e. The summed E-state index contributed by atoms with van der Waals surface area (Å²) in [4.78, 5) is 0. The summed E-state index contributed by atoms with van der Waals surface area (Å²) in [6, 6.07) is 20.5. The molecular weight excluding hydrogens is 252 g/mol. The molecule has 0 nitrogen and oxygen atoms in total. The van der Waals surface area contributed by atoms with Crippen LogP contribution in [0.4, 0.5) is 0 Å². The molecule has 0 saturated heterocycles. The van der Waals surface area contributed by atoms with E-state index in [1.54, 1.807) is 5.56 Å². The molecule has 0 aliphatic heterocycles. The van der Waals surface area contributed by atoms with Gasteiger partial charge in [0.05, 0.1) is 0 Å². The van der Waals surface area contributed by atoms with Gasteiger partial charge in [-0.2, -0.15) is 0 Å². The molecule has 4 aromatic carbocycles. The maximum atomic E-state index is 2.39. The van der Waals surface area contributed by atoms with Crippen molar-refractivity contribution in [2.24, 2.45) is 0 Å². The standard InChI is InChI=1S/C21H16/c1-13-5-8-17-15(11-13)7-9-18-19-10-6-14-3-2-4-16(21(14)19)12-20(17)18/h2-5,7-9,11-12H,6,10H2,1H3. The summed E-state index contributed by atoms with van der Waals surface area (Å²) in [6.07, 6.45) is 2.38. The van der Waals surface area contributed by atoms with Crippen LogP contribution in [0, 0.1) is 6.92 Å². The van der Waals surface area contributed by atoms with Crippen LogP contribution in [0.5, 0.6) is 0 Å². The minimum absolute atomic E-state index is 1.19. The van der Waals surface area contributed by atoms with Gasteiger partial charge in [-0.25, -0.2) is 0 Å². The summed E-state index contributed by atoms with van der Waals surface area (Å²) in [7, 11) is 0. The molecule has 0 heterocycles. The third-order valence-corrected chi connectivity index (χ3v) is 4.97. The SMILES string of the molecule is Cc1ccc2c(ccc3c4c5c(cccc5cc32)CC4)c1. The van der Waals surface area contributed by atoms with Crippen LogP contribution in [0.25, 0.3) is 32.3 Å². The van der Waals surface area contributed by atoms with E-state index in [1.165, 1.54) is 56.3 Å². The molecule has 0 unspecified atom stereocenters. The number of fused-ring (bicyclic) bond motifs is 4. The Labute approximate surface area is 124 Å². The van der Waals surface area contributed by atoms with Crippen molar-refractivity contribution in [2.75, 3.05) is 0 Å². The van der Waals surface area contributed by atoms with Gasteiger partial charge in [-0.15, -0.1) is 0 Å². The van der Waals surface area contributed by atoms with Gasteiger partial charge in [0.15, 0.2) is 0 Å². The molecule has 0 amide bonds. The summed E-state index contributed by atoms with van der Waals surface area (Å²) < 4.78 is 0. The van der Waals surface area contributed by atoms with Gasteiger partial charge in [0, 0.05) is 0 Å². The lowest BCUT2D eigenvalue weighted by Gasteiger charge is -2.10. The van der Waals surface area contributed by atoms with Gasteiger partial charge in [-0.1, -0.05) is 54.1 Å². The van der Waals surface area contributed by atoms with Crippen LogP contribution in [0.15, 0.2) is 54.6 Å². The lowest BCUT2D eigenvalue weighted by molar-refractivity contribution is 1.03. The third-order valence-electron chi connectivity index (χ3n) is 4.97. The first kappa shape index (κ1) is 11.3. The molecule has 1 aliphatic carbocycles. The van der Waals surface area contributed by atoms with Gasteiger partial charge >= 0.3 is 0 Å². The van der Waals surface area contributed by atoms with E-state index in [0.717, 1.165) is 0 Å². The van der Waals surface area contributed by atoms with E-state index in [9.17, 15) is 0 Å². The summed E-state index contributed by atoms with van der Waals surface area (Å²) in [5.41, 5.74) is 4.41. The first-order valence-electron chi connectivity index (χ1n) is 7.68. The van der Waals surface area contributed by atoms with Crippen molar-refractivity contribution < 1.29 is 0 Å². The van der Waals surface area contributed by atoms with Crippen molar-refractivity contribution in [3.05, 3.63) is 71.3 Å². The van der Waals surface area contributed by atoms with Gasteiger partial charge in [0.25, 0.3) is 0 Å². The summed E-state index contributed by atoms with van der Waals surface area (Å²) in [5, 5.41) is 8.51. The molecule has 21 heavy (non-hydrogen) atoms. The Hall–Kier alpha value is -2.34. The van der Waals surface area contributed by atoms with E-state index in [4.69, 9.17) is 0 Å². The summed E-state index contributed by atoms with van der Waals surface area (Å²) in [6.45, 7) is 2.16. The molecule has 0 bridgehead atoms. The third kappa shape index (κ3) is 1.45. The minimum atomic E-state index is 1.19. The molecule has 0 fully saturated rings. The lowest BCUT2D eigenvalue weighted by atomic mass is 9.94. The maximum absolute atomic E-state index is 2.39. The predicted octanol–water partition coefficient (Wildman–Crippen LogP) is 5.55. The van der Waals surface area contributed by atoms with E-state index in [-0.39, 0.29) is 0 Å². The van der Waals surface area contributed by atoms with Gasteiger partial charge in [-0.05, 0) is 69.3 Å². The van der Waals surface area contributed by atoms with E-state index in [2.05, 4.69) is 61.5 Å². The van der Waals surface area contributed by atoms with Crippen LogP contribution in [-0.2, 0) is 12.8 Å². The number of aryl methyl sites for hydroxylation is 3. The van der Waals surface area contributed by atoms with E-state index in [1.807, 2.05) is 0 Å². The molecule has 1 aliphatic rings. The van der Waals surface area contributed by atoms with Gasteiger partial charge in [0.1, 0.15) is 0 Å². The molecule has 0 saturated carbocycles. The Morgan fingerprint density at radius 3 is 2.57 bits per heavy atom. The van der Waals surface area contributed by atoms with Gasteiger partial charge in [0.2, 0.25) is 0 Å². The fourth-order valence-electron chi connectivity index (χ4n) is 4.02. The lowest BCUT2D eigenvalue weighted by Crippen LogP contribution is -1.86. The highest BCUT2D eigenvalue weighted by Gasteiger charge is 2.17. The fourth-order valence-corrected chi connectivity index (χ4v) is 4.02. The van der Waals surface area contributed by atoms with Gasteiger partial charge in [-0.3, -0.25) is 0 Å². The fraction of sp³-hybridized carbons (Fsp3) is 0.143. The average molecular weight is 268 g/mol. The van der Waals surface area contributed by atoms with Crippen molar-refractivity contribution >= 4 is 32.3 Å². The maximum Gasteiger partial charge on any atom is -0.00962 e. The molecule has 0 atom stereocenters. The average Bonchev–Trinajstić information content (AvgIpc) is 2.93. The number of hydrogen-bond donors (Lipinski definition) is 0. The zero-order chi connectivity index (χ0) is 14.0. The second-order valence-corrected chi connectivity index (χ2v) is 6.26. The molecule has 4 aromatic rings. The highest BCUT2D eigenvalue weighted by Crippen LogP contribution is 2.38. The Morgan fingerprint density at radius 2 is 1.62 bits per heavy atom. The molecule has 0 aromatic heterocycles. The minimum Gasteiger partial charge on any atom is -0.0614 e. The first-order chi connectivity index (χ1) is 10.3. The highest BCUT2D eigenvalue weighted by molar-refractivity contribution is 6.15. The second-order valence-electron chi connectivity index (χ2n) is 6.26. The van der Waals surface area contributed by atoms with Crippen LogP contribution < -0.4 is 0 Å². The summed E-state index contributed by atoms with van der Waals surface area (Å²) >= 11 is 0. The zero-order valence-corrected chi connectivity index (χ0v) is 12.1. The largest absolute Gasteiger partial charge is 0.0614 e. The Morgan fingerprint density at radius 1 is 0.714 bits per heavy atom. The molecule has 100 valence electrons. The van der Waals surface area contributed by atoms with Crippen LogP contribution >= 0.6 is 0 Å². The molecule has 0 spiro atoms. The van der Waals surface area contributed by atoms with Crippen molar-refractivity contribution in [3.63, 3.8) is 0 Å². The van der Waals surface area contributed by atoms with Crippen LogP contribution in [0.1, 0.15) is 16.7 Å². The normalized spacial score (nSPS) is 13.6. The molecule has 0 heteroatoms. The molecule has 0 N–H and O–H groups in total. The molecule has 5 rings (SSSR count). The van der Waals surface area contributed by atoms with E-state index < -0.39 is 0 Å².